The molecular weight excluding hydrogens is 550 g/mol. The summed E-state index contributed by atoms with van der Waals surface area (Å²) < 4.78 is 17.4. The maximum atomic E-state index is 12.5. The zero-order chi connectivity index (χ0) is 32.5. The Kier molecular flexibility index (Phi) is 12.0. The topological polar surface area (TPSA) is 65.1 Å². The van der Waals surface area contributed by atoms with Crippen molar-refractivity contribution in [3.05, 3.63) is 89.5 Å². The Labute approximate surface area is 264 Å². The predicted octanol–water partition coefficient (Wildman–Crippen LogP) is 8.68. The molecule has 0 radical (unpaired) electrons. The van der Waals surface area contributed by atoms with E-state index in [1.165, 1.54) is 5.57 Å². The van der Waals surface area contributed by atoms with Crippen LogP contribution in [0.5, 0.6) is 17.2 Å². The SMILES string of the molecule is CCCCC(=C(c1ccc(OC(=O)C(C)(C)C)cc1)c1ccc(OC(=O)C(C)(C)C)cc1)c1cccc(OCCN(C)C)c1. The van der Waals surface area contributed by atoms with Gasteiger partial charge in [-0.2, -0.15) is 0 Å². The molecule has 3 aromatic rings. The van der Waals surface area contributed by atoms with Gasteiger partial charge in [0, 0.05) is 6.54 Å². The molecule has 0 unspecified atom stereocenters. The summed E-state index contributed by atoms with van der Waals surface area (Å²) in [5.74, 6) is 1.27. The summed E-state index contributed by atoms with van der Waals surface area (Å²) in [7, 11) is 4.06. The van der Waals surface area contributed by atoms with Crippen LogP contribution in [0.4, 0.5) is 0 Å². The van der Waals surface area contributed by atoms with Gasteiger partial charge in [0.25, 0.3) is 0 Å². The quantitative estimate of drug-likeness (QED) is 0.118. The second kappa shape index (κ2) is 15.2. The van der Waals surface area contributed by atoms with Crippen LogP contribution in [0.3, 0.4) is 0 Å². The third-order valence-corrected chi connectivity index (χ3v) is 7.00. The number of carbonyl (C=O) groups is 2. The highest BCUT2D eigenvalue weighted by Crippen LogP contribution is 2.38. The van der Waals surface area contributed by atoms with Crippen molar-refractivity contribution in [3.63, 3.8) is 0 Å². The van der Waals surface area contributed by atoms with Gasteiger partial charge < -0.3 is 19.1 Å². The monoisotopic (exact) mass is 599 g/mol. The van der Waals surface area contributed by atoms with Gasteiger partial charge in [-0.3, -0.25) is 9.59 Å². The fraction of sp³-hybridized carbons (Fsp3) is 0.421. The highest BCUT2D eigenvalue weighted by atomic mass is 16.5. The number of carbonyl (C=O) groups excluding carboxylic acids is 2. The highest BCUT2D eigenvalue weighted by Gasteiger charge is 2.25. The van der Waals surface area contributed by atoms with E-state index in [-0.39, 0.29) is 11.9 Å². The number of likely N-dealkylation sites (N-methyl/N-ethyl adjacent to an activating group) is 1. The minimum Gasteiger partial charge on any atom is -0.492 e. The van der Waals surface area contributed by atoms with Gasteiger partial charge in [0.05, 0.1) is 10.8 Å². The van der Waals surface area contributed by atoms with Crippen molar-refractivity contribution in [1.82, 2.24) is 4.90 Å². The van der Waals surface area contributed by atoms with E-state index in [9.17, 15) is 9.59 Å². The first-order valence-electron chi connectivity index (χ1n) is 15.5. The molecule has 0 bridgehead atoms. The zero-order valence-corrected chi connectivity index (χ0v) is 28.0. The first-order chi connectivity index (χ1) is 20.7. The van der Waals surface area contributed by atoms with E-state index in [0.29, 0.717) is 18.1 Å². The number of allylic oxidation sites excluding steroid dienone is 1. The Morgan fingerprint density at radius 1 is 0.682 bits per heavy atom. The Balaban J connectivity index is 2.13. The average molecular weight is 600 g/mol. The van der Waals surface area contributed by atoms with E-state index < -0.39 is 10.8 Å². The maximum absolute atomic E-state index is 12.5. The molecule has 0 aliphatic heterocycles. The van der Waals surface area contributed by atoms with Crippen molar-refractivity contribution in [3.8, 4) is 17.2 Å². The zero-order valence-electron chi connectivity index (χ0n) is 28.0. The van der Waals surface area contributed by atoms with Crippen LogP contribution in [0.25, 0.3) is 11.1 Å². The van der Waals surface area contributed by atoms with Gasteiger partial charge in [-0.1, -0.05) is 49.7 Å². The number of unbranched alkanes of at least 4 members (excludes halogenated alkanes) is 1. The van der Waals surface area contributed by atoms with Crippen LogP contribution >= 0.6 is 0 Å². The van der Waals surface area contributed by atoms with Crippen molar-refractivity contribution in [2.45, 2.75) is 67.7 Å². The lowest BCUT2D eigenvalue weighted by molar-refractivity contribution is -0.143. The van der Waals surface area contributed by atoms with Crippen molar-refractivity contribution in [1.29, 1.82) is 0 Å². The number of benzene rings is 3. The van der Waals surface area contributed by atoms with Gasteiger partial charge in [-0.15, -0.1) is 0 Å². The summed E-state index contributed by atoms with van der Waals surface area (Å²) in [6.07, 6.45) is 2.90. The molecule has 0 saturated carbocycles. The standard InChI is InChI=1S/C38H49NO5/c1-10-11-15-33(29-13-12-14-32(26-29)42-25-24-39(8)9)34(27-16-20-30(21-17-27)43-35(40)37(2,3)4)28-18-22-31(23-19-28)44-36(41)38(5,6)7/h12-14,16-23,26H,10-11,15,24-25H2,1-9H3. The molecule has 0 aliphatic rings. The van der Waals surface area contributed by atoms with Crippen molar-refractivity contribution < 1.29 is 23.8 Å². The third kappa shape index (κ3) is 10.1. The van der Waals surface area contributed by atoms with E-state index in [4.69, 9.17) is 14.2 Å². The van der Waals surface area contributed by atoms with Crippen LogP contribution in [0, 0.1) is 10.8 Å². The van der Waals surface area contributed by atoms with Crippen LogP contribution in [-0.2, 0) is 9.59 Å². The lowest BCUT2D eigenvalue weighted by Crippen LogP contribution is -2.25. The van der Waals surface area contributed by atoms with E-state index in [0.717, 1.165) is 53.8 Å². The molecule has 0 amide bonds. The van der Waals surface area contributed by atoms with E-state index >= 15 is 0 Å². The molecule has 3 aromatic carbocycles. The van der Waals surface area contributed by atoms with E-state index in [2.05, 4.69) is 24.0 Å². The Morgan fingerprint density at radius 3 is 1.61 bits per heavy atom. The molecule has 0 heterocycles. The van der Waals surface area contributed by atoms with Gasteiger partial charge in [-0.05, 0) is 133 Å². The predicted molar refractivity (Wildman–Crippen MR) is 179 cm³/mol. The highest BCUT2D eigenvalue weighted by molar-refractivity contribution is 5.99. The normalized spacial score (nSPS) is 11.7. The molecule has 236 valence electrons. The average Bonchev–Trinajstić information content (AvgIpc) is 2.95. The summed E-state index contributed by atoms with van der Waals surface area (Å²) in [4.78, 5) is 27.1. The minimum atomic E-state index is -0.602. The maximum Gasteiger partial charge on any atom is 0.316 e. The minimum absolute atomic E-state index is 0.281. The molecule has 44 heavy (non-hydrogen) atoms. The summed E-state index contributed by atoms with van der Waals surface area (Å²) in [6.45, 7) is 14.6. The van der Waals surface area contributed by atoms with Crippen molar-refractivity contribution in [2.24, 2.45) is 10.8 Å². The second-order valence-electron chi connectivity index (χ2n) is 13.5. The van der Waals surface area contributed by atoms with Crippen molar-refractivity contribution in [2.75, 3.05) is 27.2 Å². The van der Waals surface area contributed by atoms with Crippen LogP contribution < -0.4 is 14.2 Å². The molecule has 0 spiro atoms. The Hall–Kier alpha value is -3.90. The molecule has 0 saturated heterocycles. The van der Waals surface area contributed by atoms with Gasteiger partial charge in [0.1, 0.15) is 23.9 Å². The lowest BCUT2D eigenvalue weighted by Gasteiger charge is -2.20. The van der Waals surface area contributed by atoms with Crippen molar-refractivity contribution >= 4 is 23.1 Å². The largest absolute Gasteiger partial charge is 0.492 e. The summed E-state index contributed by atoms with van der Waals surface area (Å²) in [6, 6.07) is 23.6. The van der Waals surface area contributed by atoms with E-state index in [1.54, 1.807) is 0 Å². The number of ether oxygens (including phenoxy) is 3. The number of esters is 2. The molecule has 3 rings (SSSR count). The van der Waals surface area contributed by atoms with Gasteiger partial charge in [-0.25, -0.2) is 0 Å². The number of hydrogen-bond acceptors (Lipinski definition) is 6. The fourth-order valence-electron chi connectivity index (χ4n) is 4.30. The van der Waals surface area contributed by atoms with Crippen LogP contribution in [0.1, 0.15) is 84.4 Å². The molecule has 0 aliphatic carbocycles. The summed E-state index contributed by atoms with van der Waals surface area (Å²) >= 11 is 0. The lowest BCUT2D eigenvalue weighted by atomic mass is 9.87. The van der Waals surface area contributed by atoms with Gasteiger partial charge >= 0.3 is 11.9 Å². The first-order valence-corrected chi connectivity index (χ1v) is 15.5. The Morgan fingerprint density at radius 2 is 1.18 bits per heavy atom. The van der Waals surface area contributed by atoms with Gasteiger partial charge in [0.2, 0.25) is 0 Å². The first kappa shape index (κ1) is 34.6. The Bertz CT molecular complexity index is 1350. The molecule has 0 aromatic heterocycles. The molecule has 0 N–H and O–H groups in total. The van der Waals surface area contributed by atoms with Gasteiger partial charge in [0.15, 0.2) is 0 Å². The van der Waals surface area contributed by atoms with E-state index in [1.807, 2.05) is 116 Å². The molecule has 6 nitrogen and oxygen atoms in total. The van der Waals surface area contributed by atoms with Crippen LogP contribution in [0.2, 0.25) is 0 Å². The third-order valence-electron chi connectivity index (χ3n) is 7.00. The number of rotatable bonds is 12. The second-order valence-corrected chi connectivity index (χ2v) is 13.5. The fourth-order valence-corrected chi connectivity index (χ4v) is 4.30. The van der Waals surface area contributed by atoms with Crippen LogP contribution in [0.15, 0.2) is 72.8 Å². The molecule has 6 heteroatoms. The number of nitrogens with zero attached hydrogens (tertiary/aromatic N) is 1. The molecule has 0 atom stereocenters. The molecular formula is C38H49NO5. The summed E-state index contributed by atoms with van der Waals surface area (Å²) in [5, 5.41) is 0. The molecule has 0 fully saturated rings. The smallest absolute Gasteiger partial charge is 0.316 e. The number of hydrogen-bond donors (Lipinski definition) is 0. The van der Waals surface area contributed by atoms with Crippen LogP contribution in [-0.4, -0.2) is 44.1 Å². The summed E-state index contributed by atoms with van der Waals surface area (Å²) in [5.41, 5.74) is 4.11.